The number of carbonyl (C=O) groups is 3. The lowest BCUT2D eigenvalue weighted by atomic mass is 9.81. The first-order chi connectivity index (χ1) is 28.9. The van der Waals surface area contributed by atoms with Gasteiger partial charge in [0.2, 0.25) is 0 Å². The number of ether oxygens (including phenoxy) is 2. The molecule has 2 saturated carbocycles. The maximum atomic E-state index is 12.3. The molecule has 0 aromatic heterocycles. The van der Waals surface area contributed by atoms with Gasteiger partial charge in [-0.15, -0.1) is 0 Å². The number of hydrogen-bond donors (Lipinski definition) is 6. The standard InChI is InChI=1S/C24H37N3O3.C15H24N2O3.C9H13NO/c1-23(2,3)30-22(29)27-20(16-19-10-5-4-6-11-19)21(28)17-26-18-24(14-9-15-25)12-7-8-13-24;1-15(2,3)20-14(19)17-12(13(18)10-16)9-11-7-5-4-6-8-11;10-7-3-6-9(8-11)4-1-2-5-9/h4-6,10-11,20-21,26,28H,7-9,12-14,16-18H2,1-3H3,(H,27,29);4-8,12-13,18H,9-10,16H2,1-3H3,(H,17,19);8H,1-6H2/t20-,21+;12-,13+;/m00./s1. The van der Waals surface area contributed by atoms with Gasteiger partial charge in [0.1, 0.15) is 17.5 Å². The number of aliphatic hydroxyl groups excluding tert-OH is 2. The zero-order valence-electron chi connectivity index (χ0n) is 37.6. The van der Waals surface area contributed by atoms with Gasteiger partial charge in [0.15, 0.2) is 0 Å². The molecule has 2 aromatic rings. The fourth-order valence-electron chi connectivity index (χ4n) is 7.78. The van der Waals surface area contributed by atoms with Crippen LogP contribution in [0, 0.1) is 33.5 Å². The molecule has 2 aliphatic rings. The van der Waals surface area contributed by atoms with Crippen molar-refractivity contribution in [2.24, 2.45) is 16.6 Å². The highest BCUT2D eigenvalue weighted by Gasteiger charge is 2.34. The number of aldehydes is 1. The molecular weight excluding hydrogens is 773 g/mol. The Hall–Kier alpha value is -4.53. The molecule has 0 saturated heterocycles. The molecule has 0 radical (unpaired) electrons. The minimum absolute atomic E-state index is 0.0767. The normalized spacial score (nSPS) is 17.2. The van der Waals surface area contributed by atoms with Crippen LogP contribution in [0.5, 0.6) is 0 Å². The zero-order chi connectivity index (χ0) is 45.4. The van der Waals surface area contributed by atoms with Crippen molar-refractivity contribution in [1.29, 1.82) is 10.5 Å². The van der Waals surface area contributed by atoms with Crippen LogP contribution in [-0.2, 0) is 27.1 Å². The van der Waals surface area contributed by atoms with Gasteiger partial charge in [0.25, 0.3) is 0 Å². The van der Waals surface area contributed by atoms with E-state index in [4.69, 9.17) is 25.7 Å². The number of alkyl carbamates (subject to hydrolysis) is 2. The Morgan fingerprint density at radius 1 is 0.738 bits per heavy atom. The van der Waals surface area contributed by atoms with Gasteiger partial charge >= 0.3 is 12.2 Å². The summed E-state index contributed by atoms with van der Waals surface area (Å²) in [4.78, 5) is 34.8. The molecule has 0 aliphatic heterocycles. The van der Waals surface area contributed by atoms with Crippen molar-refractivity contribution in [1.82, 2.24) is 16.0 Å². The molecule has 61 heavy (non-hydrogen) atoms. The van der Waals surface area contributed by atoms with E-state index in [-0.39, 0.29) is 17.4 Å². The highest BCUT2D eigenvalue weighted by atomic mass is 16.6. The second-order valence-electron chi connectivity index (χ2n) is 18.6. The molecule has 4 rings (SSSR count). The Kier molecular flexibility index (Phi) is 23.1. The van der Waals surface area contributed by atoms with Gasteiger partial charge in [-0.05, 0) is 109 Å². The molecule has 2 aliphatic carbocycles. The van der Waals surface area contributed by atoms with Crippen LogP contribution in [0.25, 0.3) is 0 Å². The molecule has 4 atom stereocenters. The number of nitriles is 2. The van der Waals surface area contributed by atoms with E-state index < -0.39 is 47.7 Å². The van der Waals surface area contributed by atoms with Crippen LogP contribution in [0.3, 0.4) is 0 Å². The van der Waals surface area contributed by atoms with E-state index in [1.807, 2.05) is 81.4 Å². The molecule has 7 N–H and O–H groups in total. The van der Waals surface area contributed by atoms with Crippen molar-refractivity contribution in [3.05, 3.63) is 71.8 Å². The Morgan fingerprint density at radius 3 is 1.57 bits per heavy atom. The third kappa shape index (κ3) is 21.7. The number of nitrogens with two attached hydrogens (primary N) is 1. The molecule has 13 heteroatoms. The van der Waals surface area contributed by atoms with Crippen molar-refractivity contribution in [2.45, 2.75) is 167 Å². The lowest BCUT2D eigenvalue weighted by molar-refractivity contribution is -0.116. The van der Waals surface area contributed by atoms with Crippen molar-refractivity contribution in [3.8, 4) is 12.1 Å². The maximum Gasteiger partial charge on any atom is 0.407 e. The lowest BCUT2D eigenvalue weighted by Gasteiger charge is -2.31. The molecule has 13 nitrogen and oxygen atoms in total. The molecule has 2 fully saturated rings. The molecule has 0 spiro atoms. The average molecular weight is 847 g/mol. The summed E-state index contributed by atoms with van der Waals surface area (Å²) < 4.78 is 10.6. The van der Waals surface area contributed by atoms with Crippen LogP contribution in [-0.4, -0.2) is 83.8 Å². The van der Waals surface area contributed by atoms with Crippen molar-refractivity contribution < 1.29 is 34.1 Å². The van der Waals surface area contributed by atoms with E-state index in [0.717, 1.165) is 75.3 Å². The third-order valence-corrected chi connectivity index (χ3v) is 11.0. The highest BCUT2D eigenvalue weighted by molar-refractivity contribution is 5.68. The van der Waals surface area contributed by atoms with E-state index in [2.05, 4.69) is 28.1 Å². The monoisotopic (exact) mass is 847 g/mol. The van der Waals surface area contributed by atoms with Gasteiger partial charge in [-0.25, -0.2) is 9.59 Å². The van der Waals surface area contributed by atoms with Crippen LogP contribution < -0.4 is 21.7 Å². The third-order valence-electron chi connectivity index (χ3n) is 11.0. The van der Waals surface area contributed by atoms with Gasteiger partial charge in [-0.1, -0.05) is 86.3 Å². The number of nitrogens with zero attached hydrogens (tertiary/aromatic N) is 2. The first kappa shape index (κ1) is 52.6. The molecule has 0 bridgehead atoms. The topological polar surface area (TPSA) is 220 Å². The Morgan fingerprint density at radius 2 is 1.16 bits per heavy atom. The second-order valence-corrected chi connectivity index (χ2v) is 18.6. The summed E-state index contributed by atoms with van der Waals surface area (Å²) in [6, 6.07) is 22.8. The molecule has 2 amide bonds. The van der Waals surface area contributed by atoms with E-state index >= 15 is 0 Å². The number of aliphatic hydroxyl groups is 2. The summed E-state index contributed by atoms with van der Waals surface area (Å²) in [6.07, 6.45) is 11.2. The van der Waals surface area contributed by atoms with E-state index in [0.29, 0.717) is 32.2 Å². The van der Waals surface area contributed by atoms with Gasteiger partial charge in [-0.3, -0.25) is 0 Å². The summed E-state index contributed by atoms with van der Waals surface area (Å²) in [5.41, 5.74) is 6.41. The lowest BCUT2D eigenvalue weighted by Crippen LogP contribution is -2.50. The second kappa shape index (κ2) is 26.7. The molecular formula is C48H74N6O7. The van der Waals surface area contributed by atoms with Crippen LogP contribution in [0.4, 0.5) is 9.59 Å². The van der Waals surface area contributed by atoms with Crippen LogP contribution in [0.1, 0.15) is 130 Å². The number of hydrogen-bond acceptors (Lipinski definition) is 11. The average Bonchev–Trinajstić information content (AvgIpc) is 3.89. The summed E-state index contributed by atoms with van der Waals surface area (Å²) in [5.74, 6) is 0. The number of amides is 2. The van der Waals surface area contributed by atoms with Crippen molar-refractivity contribution >= 4 is 18.5 Å². The fourth-order valence-corrected chi connectivity index (χ4v) is 7.78. The zero-order valence-corrected chi connectivity index (χ0v) is 37.6. The summed E-state index contributed by atoms with van der Waals surface area (Å²) in [7, 11) is 0. The smallest absolute Gasteiger partial charge is 0.407 e. The SMILES string of the molecule is CC(C)(C)OC(=O)N[C@@H](Cc1ccccc1)[C@H](O)CN.CC(C)(C)OC(=O)N[C@@H](Cc1ccccc1)[C@H](O)CNCC1(CCC#N)CCCC1.N#CCCC1(C=O)CCCC1. The number of rotatable bonds is 18. The predicted molar refractivity (Wildman–Crippen MR) is 238 cm³/mol. The van der Waals surface area contributed by atoms with E-state index in [9.17, 15) is 24.6 Å². The maximum absolute atomic E-state index is 12.3. The van der Waals surface area contributed by atoms with Crippen molar-refractivity contribution in [3.63, 3.8) is 0 Å². The van der Waals surface area contributed by atoms with Crippen LogP contribution in [0.2, 0.25) is 0 Å². The Balaban J connectivity index is 0.000000353. The fraction of sp³-hybridized carbons (Fsp3) is 0.646. The minimum atomic E-state index is -0.817. The van der Waals surface area contributed by atoms with Crippen LogP contribution >= 0.6 is 0 Å². The van der Waals surface area contributed by atoms with E-state index in [1.54, 1.807) is 20.8 Å². The number of benzene rings is 2. The quantitative estimate of drug-likeness (QED) is 0.0811. The highest BCUT2D eigenvalue weighted by Crippen LogP contribution is 2.41. The van der Waals surface area contributed by atoms with E-state index in [1.165, 1.54) is 12.8 Å². The number of carbonyl (C=O) groups excluding carboxylic acids is 3. The summed E-state index contributed by atoms with van der Waals surface area (Å²) >= 11 is 0. The van der Waals surface area contributed by atoms with Gasteiger partial charge in [0, 0.05) is 37.9 Å². The van der Waals surface area contributed by atoms with Crippen LogP contribution in [0.15, 0.2) is 60.7 Å². The number of nitrogens with one attached hydrogen (secondary N) is 3. The molecule has 0 heterocycles. The molecule has 2 aromatic carbocycles. The predicted octanol–water partition coefficient (Wildman–Crippen LogP) is 7.43. The summed E-state index contributed by atoms with van der Waals surface area (Å²) in [5, 5.41) is 47.1. The van der Waals surface area contributed by atoms with Gasteiger partial charge < -0.3 is 46.2 Å². The van der Waals surface area contributed by atoms with Gasteiger partial charge in [0.05, 0.1) is 36.4 Å². The molecule has 338 valence electrons. The Labute approximate surface area is 365 Å². The first-order valence-electron chi connectivity index (χ1n) is 21.9. The van der Waals surface area contributed by atoms with Crippen molar-refractivity contribution in [2.75, 3.05) is 19.6 Å². The van der Waals surface area contributed by atoms with Gasteiger partial charge in [-0.2, -0.15) is 10.5 Å². The Bertz CT molecular complexity index is 1640. The molecule has 0 unspecified atom stereocenters. The first-order valence-corrected chi connectivity index (χ1v) is 21.9. The summed E-state index contributed by atoms with van der Waals surface area (Å²) in [6.45, 7) is 12.1. The minimum Gasteiger partial charge on any atom is -0.444 e. The largest absolute Gasteiger partial charge is 0.444 e.